The van der Waals surface area contributed by atoms with E-state index in [1.54, 1.807) is 30.6 Å². The third-order valence-corrected chi connectivity index (χ3v) is 3.81. The highest BCUT2D eigenvalue weighted by atomic mass is 16.4. The van der Waals surface area contributed by atoms with Crippen molar-refractivity contribution < 1.29 is 14.7 Å². The number of aromatic nitrogens is 2. The maximum Gasteiger partial charge on any atom is 0.326 e. The second kappa shape index (κ2) is 7.44. The maximum absolute atomic E-state index is 12.0. The monoisotopic (exact) mass is 335 g/mol. The van der Waals surface area contributed by atoms with Gasteiger partial charge in [-0.05, 0) is 29.8 Å². The van der Waals surface area contributed by atoms with Crippen LogP contribution in [0, 0.1) is 0 Å². The Kier molecular flexibility index (Phi) is 4.89. The smallest absolute Gasteiger partial charge is 0.326 e. The van der Waals surface area contributed by atoms with Gasteiger partial charge in [0.05, 0.1) is 5.69 Å². The third kappa shape index (κ3) is 4.11. The SMILES string of the molecule is O=C(/C=C\c1ccccn1)NC(Cc1c[nH]c2ccccc12)C(=O)O. The number of H-pyrrole nitrogens is 1. The van der Waals surface area contributed by atoms with Gasteiger partial charge >= 0.3 is 5.97 Å². The lowest BCUT2D eigenvalue weighted by Gasteiger charge is -2.12. The molecular formula is C19H17N3O3. The number of nitrogens with zero attached hydrogens (tertiary/aromatic N) is 1. The minimum absolute atomic E-state index is 0.197. The van der Waals surface area contributed by atoms with E-state index < -0.39 is 17.9 Å². The van der Waals surface area contributed by atoms with Crippen molar-refractivity contribution in [3.8, 4) is 0 Å². The number of aromatic amines is 1. The molecule has 0 bridgehead atoms. The van der Waals surface area contributed by atoms with Crippen LogP contribution < -0.4 is 5.32 Å². The van der Waals surface area contributed by atoms with Crippen LogP contribution in [0.25, 0.3) is 17.0 Å². The lowest BCUT2D eigenvalue weighted by atomic mass is 10.0. The van der Waals surface area contributed by atoms with Gasteiger partial charge < -0.3 is 15.4 Å². The molecule has 3 aromatic rings. The predicted molar refractivity (Wildman–Crippen MR) is 94.8 cm³/mol. The summed E-state index contributed by atoms with van der Waals surface area (Å²) in [5.74, 6) is -1.55. The maximum atomic E-state index is 12.0. The van der Waals surface area contributed by atoms with Gasteiger partial charge in [-0.3, -0.25) is 9.78 Å². The van der Waals surface area contributed by atoms with E-state index in [2.05, 4.69) is 15.3 Å². The predicted octanol–water partition coefficient (Wildman–Crippen LogP) is 2.39. The molecule has 25 heavy (non-hydrogen) atoms. The second-order valence-corrected chi connectivity index (χ2v) is 5.55. The molecular weight excluding hydrogens is 318 g/mol. The van der Waals surface area contributed by atoms with E-state index in [1.165, 1.54) is 6.08 Å². The van der Waals surface area contributed by atoms with Gasteiger partial charge in [-0.15, -0.1) is 0 Å². The molecule has 1 unspecified atom stereocenters. The summed E-state index contributed by atoms with van der Waals surface area (Å²) >= 11 is 0. The largest absolute Gasteiger partial charge is 0.480 e. The fourth-order valence-corrected chi connectivity index (χ4v) is 2.58. The molecule has 6 heteroatoms. The summed E-state index contributed by atoms with van der Waals surface area (Å²) in [7, 11) is 0. The lowest BCUT2D eigenvalue weighted by Crippen LogP contribution is -2.41. The van der Waals surface area contributed by atoms with Crippen molar-refractivity contribution in [3.05, 3.63) is 72.2 Å². The Hall–Kier alpha value is -3.41. The minimum Gasteiger partial charge on any atom is -0.480 e. The van der Waals surface area contributed by atoms with Crippen molar-refractivity contribution in [2.45, 2.75) is 12.5 Å². The van der Waals surface area contributed by atoms with Gasteiger partial charge in [-0.1, -0.05) is 24.3 Å². The number of amides is 1. The summed E-state index contributed by atoms with van der Waals surface area (Å²) in [6.45, 7) is 0. The van der Waals surface area contributed by atoms with Crippen LogP contribution in [0.3, 0.4) is 0 Å². The number of pyridine rings is 1. The first-order chi connectivity index (χ1) is 12.1. The number of carbonyl (C=O) groups excluding carboxylic acids is 1. The molecule has 2 heterocycles. The van der Waals surface area contributed by atoms with Crippen molar-refractivity contribution in [2.75, 3.05) is 0 Å². The van der Waals surface area contributed by atoms with Crippen molar-refractivity contribution in [3.63, 3.8) is 0 Å². The van der Waals surface area contributed by atoms with E-state index in [-0.39, 0.29) is 6.42 Å². The number of aliphatic carboxylic acids is 1. The van der Waals surface area contributed by atoms with E-state index in [4.69, 9.17) is 0 Å². The molecule has 3 rings (SSSR count). The van der Waals surface area contributed by atoms with Crippen LogP contribution in [-0.4, -0.2) is 33.0 Å². The molecule has 0 fully saturated rings. The Labute approximate surface area is 144 Å². The molecule has 6 nitrogen and oxygen atoms in total. The number of carboxylic acid groups (broad SMARTS) is 1. The normalized spacial score (nSPS) is 12.3. The average molecular weight is 335 g/mol. The van der Waals surface area contributed by atoms with Crippen molar-refractivity contribution in [2.24, 2.45) is 0 Å². The summed E-state index contributed by atoms with van der Waals surface area (Å²) < 4.78 is 0. The highest BCUT2D eigenvalue weighted by Crippen LogP contribution is 2.19. The molecule has 0 radical (unpaired) electrons. The first-order valence-corrected chi connectivity index (χ1v) is 7.81. The number of para-hydroxylation sites is 1. The van der Waals surface area contributed by atoms with E-state index >= 15 is 0 Å². The minimum atomic E-state index is -1.08. The number of rotatable bonds is 6. The van der Waals surface area contributed by atoms with E-state index in [0.717, 1.165) is 16.5 Å². The topological polar surface area (TPSA) is 95.1 Å². The summed E-state index contributed by atoms with van der Waals surface area (Å²) in [5, 5.41) is 12.9. The summed E-state index contributed by atoms with van der Waals surface area (Å²) in [6, 6.07) is 12.0. The molecule has 1 amide bonds. The van der Waals surface area contributed by atoms with Crippen LogP contribution in [0.5, 0.6) is 0 Å². The average Bonchev–Trinajstić information content (AvgIpc) is 3.03. The number of nitrogens with one attached hydrogen (secondary N) is 2. The number of hydrogen-bond donors (Lipinski definition) is 3. The highest BCUT2D eigenvalue weighted by molar-refractivity contribution is 5.94. The number of hydrogen-bond acceptors (Lipinski definition) is 3. The van der Waals surface area contributed by atoms with Gasteiger partial charge in [0.25, 0.3) is 0 Å². The molecule has 0 spiro atoms. The fraction of sp³-hybridized carbons (Fsp3) is 0.105. The highest BCUT2D eigenvalue weighted by Gasteiger charge is 2.21. The number of fused-ring (bicyclic) bond motifs is 1. The standard InChI is InChI=1S/C19H17N3O3/c23-18(9-8-14-5-3-4-10-20-14)22-17(19(24)25)11-13-12-21-16-7-2-1-6-15(13)16/h1-10,12,17,21H,11H2,(H,22,23)(H,24,25)/b9-8-. The molecule has 0 saturated heterocycles. The number of carbonyl (C=O) groups is 2. The zero-order valence-corrected chi connectivity index (χ0v) is 13.3. The summed E-state index contributed by atoms with van der Waals surface area (Å²) in [5.41, 5.74) is 2.40. The fourth-order valence-electron chi connectivity index (χ4n) is 2.58. The Balaban J connectivity index is 1.70. The van der Waals surface area contributed by atoms with Crippen LogP contribution >= 0.6 is 0 Å². The molecule has 0 aliphatic carbocycles. The van der Waals surface area contributed by atoms with Crippen molar-refractivity contribution in [1.82, 2.24) is 15.3 Å². The Morgan fingerprint density at radius 2 is 2.00 bits per heavy atom. The Bertz CT molecular complexity index is 916. The molecule has 0 aliphatic rings. The molecule has 1 aromatic carbocycles. The van der Waals surface area contributed by atoms with Gasteiger partial charge in [-0.2, -0.15) is 0 Å². The van der Waals surface area contributed by atoms with Crippen LogP contribution in [0.2, 0.25) is 0 Å². The number of benzene rings is 1. The van der Waals surface area contributed by atoms with Gasteiger partial charge in [0.1, 0.15) is 6.04 Å². The van der Waals surface area contributed by atoms with E-state index in [1.807, 2.05) is 30.3 Å². The lowest BCUT2D eigenvalue weighted by molar-refractivity contribution is -0.141. The molecule has 126 valence electrons. The third-order valence-electron chi connectivity index (χ3n) is 3.81. The molecule has 0 saturated carbocycles. The van der Waals surface area contributed by atoms with Gasteiger partial charge in [0.2, 0.25) is 5.91 Å². The Morgan fingerprint density at radius 1 is 1.20 bits per heavy atom. The van der Waals surface area contributed by atoms with Crippen LogP contribution in [-0.2, 0) is 16.0 Å². The quantitative estimate of drug-likeness (QED) is 0.603. The molecule has 3 N–H and O–H groups in total. The first kappa shape index (κ1) is 16.4. The van der Waals surface area contributed by atoms with Crippen LogP contribution in [0.4, 0.5) is 0 Å². The van der Waals surface area contributed by atoms with Gasteiger partial charge in [0, 0.05) is 35.8 Å². The Morgan fingerprint density at radius 3 is 2.76 bits per heavy atom. The van der Waals surface area contributed by atoms with Crippen LogP contribution in [0.15, 0.2) is 60.9 Å². The first-order valence-electron chi connectivity index (χ1n) is 7.81. The molecule has 0 aliphatic heterocycles. The van der Waals surface area contributed by atoms with E-state index in [0.29, 0.717) is 5.69 Å². The molecule has 2 aromatic heterocycles. The summed E-state index contributed by atoms with van der Waals surface area (Å²) in [6.07, 6.45) is 6.42. The van der Waals surface area contributed by atoms with Crippen molar-refractivity contribution in [1.29, 1.82) is 0 Å². The second-order valence-electron chi connectivity index (χ2n) is 5.55. The van der Waals surface area contributed by atoms with Crippen molar-refractivity contribution >= 4 is 28.9 Å². The number of carboxylic acids is 1. The van der Waals surface area contributed by atoms with Gasteiger partial charge in [-0.25, -0.2) is 4.79 Å². The van der Waals surface area contributed by atoms with E-state index in [9.17, 15) is 14.7 Å². The summed E-state index contributed by atoms with van der Waals surface area (Å²) in [4.78, 5) is 30.7. The molecule has 1 atom stereocenters. The zero-order valence-electron chi connectivity index (χ0n) is 13.3. The van der Waals surface area contributed by atoms with Gasteiger partial charge in [0.15, 0.2) is 0 Å². The van der Waals surface area contributed by atoms with Crippen LogP contribution in [0.1, 0.15) is 11.3 Å². The zero-order chi connectivity index (χ0) is 17.6.